The second-order valence-corrected chi connectivity index (χ2v) is 4.64. The molecule has 2 N–H and O–H groups in total. The lowest BCUT2D eigenvalue weighted by Gasteiger charge is -2.43. The third-order valence-corrected chi connectivity index (χ3v) is 3.87. The van der Waals surface area contributed by atoms with Crippen molar-refractivity contribution >= 4 is 0 Å². The first-order chi connectivity index (χ1) is 6.42. The highest BCUT2D eigenvalue weighted by atomic mass is 16.2. The van der Waals surface area contributed by atoms with Gasteiger partial charge in [-0.15, -0.1) is 0 Å². The van der Waals surface area contributed by atoms with E-state index in [0.717, 1.165) is 24.2 Å². The van der Waals surface area contributed by atoms with Crippen molar-refractivity contribution in [3.8, 4) is 0 Å². The van der Waals surface area contributed by atoms with Crippen LogP contribution in [0.2, 0.25) is 0 Å². The van der Waals surface area contributed by atoms with Gasteiger partial charge in [-0.05, 0) is 43.7 Å². The number of hydrogen-bond acceptors (Lipinski definition) is 2. The minimum Gasteiger partial charge on any atom is -0.396 e. The molecule has 1 saturated carbocycles. The van der Waals surface area contributed by atoms with Crippen molar-refractivity contribution < 1.29 is 5.11 Å². The van der Waals surface area contributed by atoms with Crippen LogP contribution in [0, 0.1) is 17.8 Å². The first-order valence-electron chi connectivity index (χ1n) is 5.73. The molecule has 2 aliphatic rings. The van der Waals surface area contributed by atoms with Crippen molar-refractivity contribution in [2.45, 2.75) is 32.1 Å². The molecule has 0 aromatic rings. The van der Waals surface area contributed by atoms with Crippen LogP contribution >= 0.6 is 0 Å². The molecule has 0 aromatic carbocycles. The number of nitrogens with one attached hydrogen (secondary N) is 1. The summed E-state index contributed by atoms with van der Waals surface area (Å²) in [7, 11) is 0. The molecule has 2 fully saturated rings. The SMILES string of the molecule is OCCCC(C1CCC1)C1CNC1. The molecule has 1 atom stereocenters. The van der Waals surface area contributed by atoms with Gasteiger partial charge in [-0.2, -0.15) is 0 Å². The van der Waals surface area contributed by atoms with Crippen LogP contribution in [-0.4, -0.2) is 24.8 Å². The Bertz CT molecular complexity index is 138. The average Bonchev–Trinajstić information content (AvgIpc) is 1.93. The Morgan fingerprint density at radius 1 is 1.23 bits per heavy atom. The van der Waals surface area contributed by atoms with Crippen LogP contribution in [-0.2, 0) is 0 Å². The summed E-state index contributed by atoms with van der Waals surface area (Å²) in [4.78, 5) is 0. The standard InChI is InChI=1S/C11H21NO/c13-6-2-5-11(9-3-1-4-9)10-7-12-8-10/h9-13H,1-8H2. The van der Waals surface area contributed by atoms with Gasteiger partial charge >= 0.3 is 0 Å². The number of aliphatic hydroxyl groups is 1. The molecular formula is C11H21NO. The highest BCUT2D eigenvalue weighted by Gasteiger charge is 2.35. The van der Waals surface area contributed by atoms with Gasteiger partial charge in [-0.25, -0.2) is 0 Å². The quantitative estimate of drug-likeness (QED) is 0.675. The minimum atomic E-state index is 0.378. The molecule has 0 bridgehead atoms. The van der Waals surface area contributed by atoms with Crippen LogP contribution in [0.4, 0.5) is 0 Å². The van der Waals surface area contributed by atoms with Crippen molar-refractivity contribution in [2.75, 3.05) is 19.7 Å². The van der Waals surface area contributed by atoms with E-state index < -0.39 is 0 Å². The lowest BCUT2D eigenvalue weighted by atomic mass is 9.67. The molecule has 76 valence electrons. The molecule has 1 aliphatic heterocycles. The zero-order chi connectivity index (χ0) is 9.10. The van der Waals surface area contributed by atoms with Crippen LogP contribution in [0.3, 0.4) is 0 Å². The molecule has 1 saturated heterocycles. The highest BCUT2D eigenvalue weighted by molar-refractivity contribution is 4.88. The fourth-order valence-corrected chi connectivity index (χ4v) is 2.67. The predicted octanol–water partition coefficient (Wildman–Crippen LogP) is 1.39. The number of hydrogen-bond donors (Lipinski definition) is 2. The third-order valence-electron chi connectivity index (χ3n) is 3.87. The topological polar surface area (TPSA) is 32.3 Å². The van der Waals surface area contributed by atoms with E-state index in [0.29, 0.717) is 6.61 Å². The van der Waals surface area contributed by atoms with Gasteiger partial charge in [0.15, 0.2) is 0 Å². The van der Waals surface area contributed by atoms with Gasteiger partial charge in [0.1, 0.15) is 0 Å². The van der Waals surface area contributed by atoms with Crippen molar-refractivity contribution in [2.24, 2.45) is 17.8 Å². The van der Waals surface area contributed by atoms with Crippen molar-refractivity contribution in [1.82, 2.24) is 5.32 Å². The Kier molecular flexibility index (Phi) is 3.23. The predicted molar refractivity (Wildman–Crippen MR) is 53.5 cm³/mol. The zero-order valence-corrected chi connectivity index (χ0v) is 8.34. The van der Waals surface area contributed by atoms with E-state index in [4.69, 9.17) is 5.11 Å². The van der Waals surface area contributed by atoms with Crippen molar-refractivity contribution in [1.29, 1.82) is 0 Å². The summed E-state index contributed by atoms with van der Waals surface area (Å²) in [6.45, 7) is 2.84. The second kappa shape index (κ2) is 4.43. The third kappa shape index (κ3) is 2.05. The summed E-state index contributed by atoms with van der Waals surface area (Å²) < 4.78 is 0. The summed E-state index contributed by atoms with van der Waals surface area (Å²) in [6, 6.07) is 0. The first kappa shape index (κ1) is 9.47. The van der Waals surface area contributed by atoms with Gasteiger partial charge in [0.05, 0.1) is 0 Å². The van der Waals surface area contributed by atoms with E-state index in [1.165, 1.54) is 38.8 Å². The van der Waals surface area contributed by atoms with Crippen LogP contribution < -0.4 is 5.32 Å². The van der Waals surface area contributed by atoms with E-state index in [9.17, 15) is 0 Å². The molecular weight excluding hydrogens is 162 g/mol. The molecule has 0 spiro atoms. The van der Waals surface area contributed by atoms with Crippen LogP contribution in [0.15, 0.2) is 0 Å². The molecule has 2 rings (SSSR count). The molecule has 0 amide bonds. The number of rotatable bonds is 5. The second-order valence-electron chi connectivity index (χ2n) is 4.64. The Morgan fingerprint density at radius 3 is 2.38 bits per heavy atom. The maximum atomic E-state index is 8.84. The molecule has 2 nitrogen and oxygen atoms in total. The smallest absolute Gasteiger partial charge is 0.0431 e. The maximum Gasteiger partial charge on any atom is 0.0431 e. The summed E-state index contributed by atoms with van der Waals surface area (Å²) in [5.41, 5.74) is 0. The molecule has 1 heterocycles. The lowest BCUT2D eigenvalue weighted by molar-refractivity contribution is 0.0929. The first-order valence-corrected chi connectivity index (χ1v) is 5.73. The van der Waals surface area contributed by atoms with Gasteiger partial charge in [0.25, 0.3) is 0 Å². The zero-order valence-electron chi connectivity index (χ0n) is 8.34. The normalized spacial score (nSPS) is 26.5. The fourth-order valence-electron chi connectivity index (χ4n) is 2.67. The summed E-state index contributed by atoms with van der Waals surface area (Å²) in [5, 5.41) is 12.2. The summed E-state index contributed by atoms with van der Waals surface area (Å²) in [5.74, 6) is 2.85. The molecule has 0 aromatic heterocycles. The Morgan fingerprint density at radius 2 is 2.00 bits per heavy atom. The minimum absolute atomic E-state index is 0.378. The van der Waals surface area contributed by atoms with Gasteiger partial charge in [-0.1, -0.05) is 19.3 Å². The molecule has 0 radical (unpaired) electrons. The van der Waals surface area contributed by atoms with Crippen molar-refractivity contribution in [3.05, 3.63) is 0 Å². The lowest BCUT2D eigenvalue weighted by Crippen LogP contribution is -2.49. The van der Waals surface area contributed by atoms with E-state index in [2.05, 4.69) is 5.32 Å². The Labute approximate surface area is 80.7 Å². The largest absolute Gasteiger partial charge is 0.396 e. The maximum absolute atomic E-state index is 8.84. The summed E-state index contributed by atoms with van der Waals surface area (Å²) >= 11 is 0. The van der Waals surface area contributed by atoms with Gasteiger partial charge in [-0.3, -0.25) is 0 Å². The van der Waals surface area contributed by atoms with Gasteiger partial charge in [0, 0.05) is 6.61 Å². The van der Waals surface area contributed by atoms with E-state index in [1.807, 2.05) is 0 Å². The van der Waals surface area contributed by atoms with Crippen molar-refractivity contribution in [3.63, 3.8) is 0 Å². The van der Waals surface area contributed by atoms with Gasteiger partial charge < -0.3 is 10.4 Å². The fraction of sp³-hybridized carbons (Fsp3) is 1.00. The Hall–Kier alpha value is -0.0800. The summed E-state index contributed by atoms with van der Waals surface area (Å²) in [6.07, 6.45) is 6.62. The average molecular weight is 183 g/mol. The van der Waals surface area contributed by atoms with Crippen LogP contribution in [0.1, 0.15) is 32.1 Å². The molecule has 1 unspecified atom stereocenters. The van der Waals surface area contributed by atoms with Crippen LogP contribution in [0.25, 0.3) is 0 Å². The monoisotopic (exact) mass is 183 g/mol. The Balaban J connectivity index is 1.78. The molecule has 13 heavy (non-hydrogen) atoms. The molecule has 2 heteroatoms. The van der Waals surface area contributed by atoms with E-state index in [1.54, 1.807) is 0 Å². The highest BCUT2D eigenvalue weighted by Crippen LogP contribution is 2.40. The van der Waals surface area contributed by atoms with Crippen LogP contribution in [0.5, 0.6) is 0 Å². The van der Waals surface area contributed by atoms with E-state index in [-0.39, 0.29) is 0 Å². The number of aliphatic hydroxyl groups excluding tert-OH is 1. The molecule has 1 aliphatic carbocycles. The van der Waals surface area contributed by atoms with Gasteiger partial charge in [0.2, 0.25) is 0 Å². The van der Waals surface area contributed by atoms with E-state index >= 15 is 0 Å².